The Morgan fingerprint density at radius 2 is 1.31 bits per heavy atom. The maximum atomic E-state index is 8.98. The molecule has 0 aliphatic carbocycles. The van der Waals surface area contributed by atoms with Crippen LogP contribution in [-0.2, 0) is 20.1 Å². The van der Waals surface area contributed by atoms with E-state index in [1.54, 1.807) is 6.07 Å². The first kappa shape index (κ1) is 36.6. The van der Waals surface area contributed by atoms with Gasteiger partial charge in [0.15, 0.2) is 0 Å². The number of rotatable bonds is 7. The van der Waals surface area contributed by atoms with E-state index in [4.69, 9.17) is 16.3 Å². The first-order valence-corrected chi connectivity index (χ1v) is 21.2. The van der Waals surface area contributed by atoms with Crippen LogP contribution >= 0.6 is 0 Å². The van der Waals surface area contributed by atoms with Gasteiger partial charge in [-0.15, -0.1) is 47.5 Å². The minimum absolute atomic E-state index is 0. The Morgan fingerprint density at radius 1 is 0.625 bits per heavy atom. The number of hydrogen-bond acceptors (Lipinski definition) is 3. The standard InChI is InChI=1S/C32H31N2.C27H16NO.Ir/c1-21(2)26-14-11-15-27(22(3)4)31(26)34-30-17-10-9-16-29(30)33-32(34)25-19-18-23(5)28(20-25)24-12-7-6-8-13-24;1-2-7-18(8-3-1)20-15-16-28-25(17-20)24-12-6-11-22-23-14-13-19-9-4-5-10-21(19)26(23)29-27(22)24;/h6-18,20-22H,1-5H3;1-11,13-17H;/q2*-1;/i5D3,21D,22D;;. The van der Waals surface area contributed by atoms with Crippen molar-refractivity contribution in [2.24, 2.45) is 0 Å². The van der Waals surface area contributed by atoms with Crippen LogP contribution in [0, 0.1) is 19.0 Å². The van der Waals surface area contributed by atoms with Crippen molar-refractivity contribution < 1.29 is 31.4 Å². The largest absolute Gasteiger partial charge is 0.500 e. The predicted molar refractivity (Wildman–Crippen MR) is 262 cm³/mol. The molecule has 315 valence electrons. The van der Waals surface area contributed by atoms with Crippen molar-refractivity contribution >= 4 is 43.7 Å². The number of aryl methyl sites for hydroxylation is 1. The average Bonchev–Trinajstić information content (AvgIpc) is 3.93. The van der Waals surface area contributed by atoms with Gasteiger partial charge in [-0.3, -0.25) is 4.98 Å². The molecule has 0 bridgehead atoms. The molecule has 4 nitrogen and oxygen atoms in total. The Hall–Kier alpha value is -6.91. The minimum atomic E-state index is -2.31. The van der Waals surface area contributed by atoms with E-state index in [1.165, 1.54) is 10.9 Å². The Kier molecular flexibility index (Phi) is 10.3. The van der Waals surface area contributed by atoms with Crippen molar-refractivity contribution in [2.75, 3.05) is 0 Å². The molecule has 3 heterocycles. The fourth-order valence-electron chi connectivity index (χ4n) is 8.54. The van der Waals surface area contributed by atoms with Gasteiger partial charge in [0.25, 0.3) is 0 Å². The number of para-hydroxylation sites is 3. The molecule has 0 atom stereocenters. The van der Waals surface area contributed by atoms with E-state index in [0.717, 1.165) is 77.6 Å². The van der Waals surface area contributed by atoms with Crippen LogP contribution < -0.4 is 0 Å². The molecule has 0 saturated carbocycles. The van der Waals surface area contributed by atoms with Crippen LogP contribution in [0.25, 0.3) is 94.3 Å². The second-order valence-electron chi connectivity index (χ2n) is 16.2. The zero-order chi connectivity index (χ0) is 47.4. The summed E-state index contributed by atoms with van der Waals surface area (Å²) >= 11 is 0. The van der Waals surface area contributed by atoms with Crippen molar-refractivity contribution in [3.05, 3.63) is 211 Å². The van der Waals surface area contributed by atoms with E-state index in [2.05, 4.69) is 71.7 Å². The molecular formula is C59H47IrN3O-2. The fraction of sp³-hybridized carbons (Fsp3) is 0.119. The Balaban J connectivity index is 0.000000176. The first-order valence-electron chi connectivity index (χ1n) is 23.7. The summed E-state index contributed by atoms with van der Waals surface area (Å²) in [5.74, 6) is -1.33. The van der Waals surface area contributed by atoms with Crippen LogP contribution in [-0.4, -0.2) is 14.5 Å². The van der Waals surface area contributed by atoms with Gasteiger partial charge in [0, 0.05) is 49.6 Å². The van der Waals surface area contributed by atoms with Crippen LogP contribution in [0.4, 0.5) is 0 Å². The van der Waals surface area contributed by atoms with E-state index >= 15 is 0 Å². The summed E-state index contributed by atoms with van der Waals surface area (Å²) in [6, 6.07) is 64.1. The molecule has 0 unspecified atom stereocenters. The SMILES string of the molecule is [2H]C([2H])([2H])c1c[c-]c(-c2nc3ccccc3n2-c2c(C([2H])(C)C)cccc2C([2H])(C)C)cc1-c1ccccc1.[Ir].[c-]1ccc2c(oc3c4ccccc4ccc23)c1-c1cc(-c2ccccc2)ccn1. The van der Waals surface area contributed by atoms with E-state index in [1.807, 2.05) is 154 Å². The molecule has 8 aromatic carbocycles. The molecule has 0 spiro atoms. The van der Waals surface area contributed by atoms with Crippen molar-refractivity contribution in [1.82, 2.24) is 14.5 Å². The molecule has 0 aliphatic rings. The molecule has 3 aromatic heterocycles. The third kappa shape index (κ3) is 7.87. The van der Waals surface area contributed by atoms with Gasteiger partial charge in [0.05, 0.1) is 22.4 Å². The third-order valence-corrected chi connectivity index (χ3v) is 11.6. The summed E-state index contributed by atoms with van der Waals surface area (Å²) in [6.07, 6.45) is 1.85. The molecule has 1 radical (unpaired) electrons. The summed E-state index contributed by atoms with van der Waals surface area (Å²) in [5, 5.41) is 4.51. The van der Waals surface area contributed by atoms with Crippen LogP contribution in [0.15, 0.2) is 187 Å². The molecule has 0 saturated heterocycles. The van der Waals surface area contributed by atoms with E-state index in [9.17, 15) is 0 Å². The van der Waals surface area contributed by atoms with Crippen LogP contribution in [0.2, 0.25) is 0 Å². The Bertz CT molecular complexity index is 3610. The zero-order valence-electron chi connectivity index (χ0n) is 40.9. The quantitative estimate of drug-likeness (QED) is 0.149. The van der Waals surface area contributed by atoms with Gasteiger partial charge >= 0.3 is 0 Å². The maximum absolute atomic E-state index is 8.98. The van der Waals surface area contributed by atoms with Crippen molar-refractivity contribution in [3.8, 4) is 50.6 Å². The van der Waals surface area contributed by atoms with Crippen molar-refractivity contribution in [1.29, 1.82) is 0 Å². The number of nitrogens with zero attached hydrogens (tertiary/aromatic N) is 3. The van der Waals surface area contributed by atoms with Crippen LogP contribution in [0.1, 0.15) is 63.0 Å². The smallest absolute Gasteiger partial charge is 0.128 e. The summed E-state index contributed by atoms with van der Waals surface area (Å²) in [6.45, 7) is 5.06. The average molecular weight is 1010 g/mol. The zero-order valence-corrected chi connectivity index (χ0v) is 38.3. The van der Waals surface area contributed by atoms with E-state index in [0.29, 0.717) is 17.0 Å². The predicted octanol–water partition coefficient (Wildman–Crippen LogP) is 16.0. The van der Waals surface area contributed by atoms with Crippen LogP contribution in [0.5, 0.6) is 0 Å². The molecule has 0 N–H and O–H groups in total. The number of furan rings is 1. The third-order valence-electron chi connectivity index (χ3n) is 11.6. The topological polar surface area (TPSA) is 43.9 Å². The number of imidazole rings is 1. The molecule has 5 heteroatoms. The summed E-state index contributed by atoms with van der Waals surface area (Å²) in [7, 11) is 0. The number of benzene rings is 8. The first-order chi connectivity index (χ1) is 32.6. The van der Waals surface area contributed by atoms with Crippen molar-refractivity contribution in [2.45, 2.75) is 46.3 Å². The van der Waals surface area contributed by atoms with Gasteiger partial charge in [-0.25, -0.2) is 0 Å². The Labute approximate surface area is 395 Å². The number of hydrogen-bond donors (Lipinski definition) is 0. The van der Waals surface area contributed by atoms with E-state index in [-0.39, 0.29) is 25.7 Å². The van der Waals surface area contributed by atoms with Gasteiger partial charge < -0.3 is 14.0 Å². The molecular weight excluding hydrogens is 959 g/mol. The number of pyridine rings is 1. The van der Waals surface area contributed by atoms with E-state index < -0.39 is 18.6 Å². The maximum Gasteiger partial charge on any atom is 0.128 e. The number of aromatic nitrogens is 3. The van der Waals surface area contributed by atoms with Gasteiger partial charge in [0.2, 0.25) is 0 Å². The molecule has 0 amide bonds. The molecule has 0 aliphatic heterocycles. The second kappa shape index (κ2) is 18.1. The number of fused-ring (bicyclic) bond motifs is 6. The van der Waals surface area contributed by atoms with Gasteiger partial charge in [0.1, 0.15) is 5.58 Å². The summed E-state index contributed by atoms with van der Waals surface area (Å²) in [5.41, 5.74) is 11.9. The monoisotopic (exact) mass is 1010 g/mol. The normalized spacial score (nSPS) is 13.0. The van der Waals surface area contributed by atoms with Crippen LogP contribution in [0.3, 0.4) is 0 Å². The summed E-state index contributed by atoms with van der Waals surface area (Å²) in [4.78, 5) is 9.63. The molecule has 11 aromatic rings. The Morgan fingerprint density at radius 3 is 2.06 bits per heavy atom. The summed E-state index contributed by atoms with van der Waals surface area (Å²) < 4.78 is 50.8. The van der Waals surface area contributed by atoms with Gasteiger partial charge in [-0.2, -0.15) is 0 Å². The van der Waals surface area contributed by atoms with Gasteiger partial charge in [-0.1, -0.05) is 185 Å². The molecule has 11 rings (SSSR count). The fourth-order valence-corrected chi connectivity index (χ4v) is 8.54. The van der Waals surface area contributed by atoms with Crippen molar-refractivity contribution in [3.63, 3.8) is 0 Å². The molecule has 0 fully saturated rings. The van der Waals surface area contributed by atoms with Gasteiger partial charge in [-0.05, 0) is 68.9 Å². The second-order valence-corrected chi connectivity index (χ2v) is 16.2. The minimum Gasteiger partial charge on any atom is -0.500 e. The molecule has 64 heavy (non-hydrogen) atoms.